The molecular weight excluding hydrogens is 280 g/mol. The van der Waals surface area contributed by atoms with E-state index in [1.807, 2.05) is 0 Å². The molecule has 0 spiro atoms. The zero-order chi connectivity index (χ0) is 0. The van der Waals surface area contributed by atoms with E-state index in [9.17, 15) is 0 Å². The van der Waals surface area contributed by atoms with E-state index in [2.05, 4.69) is 0 Å². The Hall–Kier alpha value is 4.12. The van der Waals surface area contributed by atoms with E-state index >= 15 is 0 Å². The van der Waals surface area contributed by atoms with Gasteiger partial charge in [0.25, 0.3) is 0 Å². The minimum atomic E-state index is 0. The first-order valence-electron chi connectivity index (χ1n) is 0. The second kappa shape index (κ2) is 15.7. The van der Waals surface area contributed by atoms with Crippen molar-refractivity contribution >= 4 is 83.2 Å². The van der Waals surface area contributed by atoms with E-state index in [0.717, 1.165) is 0 Å². The summed E-state index contributed by atoms with van der Waals surface area (Å²) in [6.07, 6.45) is 0. The molecule has 0 aliphatic carbocycles. The van der Waals surface area contributed by atoms with Gasteiger partial charge in [-0.25, -0.2) is 0 Å². The van der Waals surface area contributed by atoms with Gasteiger partial charge in [-0.05, 0) is 0 Å². The van der Waals surface area contributed by atoms with Crippen molar-refractivity contribution in [2.24, 2.45) is 0 Å². The van der Waals surface area contributed by atoms with Crippen LogP contribution in [0.5, 0.6) is 0 Å². The Bertz CT molecular complexity index is 8.00. The zero-order valence-corrected chi connectivity index (χ0v) is 3.64. The van der Waals surface area contributed by atoms with Crippen molar-refractivity contribution in [1.82, 2.24) is 0 Å². The van der Waals surface area contributed by atoms with Crippen LogP contribution < -0.4 is 0 Å². The second-order valence-corrected chi connectivity index (χ2v) is 0. The maximum atomic E-state index is 0. The average molecular weight is 288 g/mol. The molecule has 0 radical (unpaired) electrons. The van der Waals surface area contributed by atoms with Gasteiger partial charge >= 0.3 is 83.2 Å². The van der Waals surface area contributed by atoms with Crippen molar-refractivity contribution in [2.75, 3.05) is 0 Å². The number of hydrogen-bond donors (Lipinski definition) is 0. The Morgan fingerprint density at radius 1 is 1.00 bits per heavy atom. The van der Waals surface area contributed by atoms with E-state index in [0.29, 0.717) is 0 Å². The van der Waals surface area contributed by atoms with Crippen LogP contribution in [0.1, 0.15) is 7.43 Å². The Morgan fingerprint density at radius 2 is 1.00 bits per heavy atom. The first-order valence-corrected chi connectivity index (χ1v) is 0. The van der Waals surface area contributed by atoms with Gasteiger partial charge in [0.05, 0.1) is 0 Å². The van der Waals surface area contributed by atoms with Crippen LogP contribution in [-0.4, -0.2) is 83.2 Å². The van der Waals surface area contributed by atoms with Crippen molar-refractivity contribution in [3.63, 3.8) is 0 Å². The molecule has 0 nitrogen and oxygen atoms in total. The summed E-state index contributed by atoms with van der Waals surface area (Å²) in [5.74, 6) is 0. The Balaban J connectivity index is 0. The molecule has 0 unspecified atom stereocenters. The predicted octanol–water partition coefficient (Wildman–Crippen LogP) is -1.20. The van der Waals surface area contributed by atoms with E-state index in [-0.39, 0.29) is 132 Å². The SMILES string of the molecule is C.[CaH2].[Ce].[SrH2]. The van der Waals surface area contributed by atoms with Crippen molar-refractivity contribution in [3.05, 3.63) is 0 Å². The molecule has 0 aliphatic rings. The summed E-state index contributed by atoms with van der Waals surface area (Å²) >= 11 is 0. The normalized spacial score (nSPS) is 0. The van der Waals surface area contributed by atoms with Crippen molar-refractivity contribution in [3.8, 4) is 0 Å². The number of hydrogen-bond acceptors (Lipinski definition) is 0. The van der Waals surface area contributed by atoms with Gasteiger partial charge in [-0.2, -0.15) is 0 Å². The van der Waals surface area contributed by atoms with Crippen LogP contribution in [0.4, 0.5) is 0 Å². The van der Waals surface area contributed by atoms with Crippen LogP contribution >= 0.6 is 0 Å². The Labute approximate surface area is 128 Å². The first kappa shape index (κ1) is 24.3. The van der Waals surface area contributed by atoms with Gasteiger partial charge in [-0.3, -0.25) is 0 Å². The molecule has 0 aromatic carbocycles. The zero-order valence-electron chi connectivity index (χ0n) is 0.500. The molecule has 0 fully saturated rings. The fourth-order valence-corrected chi connectivity index (χ4v) is 0. The molecule has 0 bridgehead atoms. The fraction of sp³-hybridized carbons (Fsp3) is 1.00. The van der Waals surface area contributed by atoms with Gasteiger partial charge in [0.15, 0.2) is 0 Å². The molecule has 4 heavy (non-hydrogen) atoms. The average Bonchev–Trinajstić information content (AvgIpc) is 0. The van der Waals surface area contributed by atoms with Crippen molar-refractivity contribution < 1.29 is 41.7 Å². The van der Waals surface area contributed by atoms with Gasteiger partial charge in [-0.15, -0.1) is 0 Å². The second-order valence-electron chi connectivity index (χ2n) is 0. The molecule has 20 valence electrons. The van der Waals surface area contributed by atoms with Gasteiger partial charge in [0.1, 0.15) is 0 Å². The van der Waals surface area contributed by atoms with Crippen LogP contribution in [-0.2, 0) is 0 Å². The third-order valence-electron chi connectivity index (χ3n) is 0. The van der Waals surface area contributed by atoms with Crippen molar-refractivity contribution in [2.45, 2.75) is 7.43 Å². The van der Waals surface area contributed by atoms with E-state index in [4.69, 9.17) is 0 Å². The summed E-state index contributed by atoms with van der Waals surface area (Å²) in [4.78, 5) is 0. The molecule has 0 rings (SSSR count). The summed E-state index contributed by atoms with van der Waals surface area (Å²) in [5, 5.41) is 0. The third-order valence-corrected chi connectivity index (χ3v) is 0. The molecule has 0 saturated carbocycles. The number of rotatable bonds is 0. The molecular formula is CH8CaCeSr. The van der Waals surface area contributed by atoms with Crippen LogP contribution in [0.3, 0.4) is 0 Å². The quantitative estimate of drug-likeness (QED) is 0.491. The van der Waals surface area contributed by atoms with Gasteiger partial charge in [-0.1, -0.05) is 7.43 Å². The monoisotopic (exact) mass is 288 g/mol. The molecule has 0 N–H and O–H groups in total. The molecule has 0 amide bonds. The van der Waals surface area contributed by atoms with Crippen LogP contribution in [0, 0.1) is 41.7 Å². The third kappa shape index (κ3) is 9.45. The molecule has 0 aliphatic heterocycles. The molecule has 0 heterocycles. The summed E-state index contributed by atoms with van der Waals surface area (Å²) < 4.78 is 0. The van der Waals surface area contributed by atoms with Crippen LogP contribution in [0.25, 0.3) is 0 Å². The molecule has 3 heteroatoms. The van der Waals surface area contributed by atoms with Crippen LogP contribution in [0.2, 0.25) is 0 Å². The summed E-state index contributed by atoms with van der Waals surface area (Å²) in [6, 6.07) is 0. The van der Waals surface area contributed by atoms with Gasteiger partial charge < -0.3 is 0 Å². The van der Waals surface area contributed by atoms with E-state index in [1.54, 1.807) is 0 Å². The molecule has 0 aromatic heterocycles. The summed E-state index contributed by atoms with van der Waals surface area (Å²) in [5.41, 5.74) is 0. The van der Waals surface area contributed by atoms with Gasteiger partial charge in [0, 0.05) is 41.7 Å². The minimum absolute atomic E-state index is 0. The molecule has 0 saturated heterocycles. The van der Waals surface area contributed by atoms with E-state index < -0.39 is 0 Å². The predicted molar refractivity (Wildman–Crippen MR) is 23.8 cm³/mol. The topological polar surface area (TPSA) is 0 Å². The maximum absolute atomic E-state index is 0. The summed E-state index contributed by atoms with van der Waals surface area (Å²) in [6.45, 7) is 0. The Morgan fingerprint density at radius 3 is 1.00 bits per heavy atom. The van der Waals surface area contributed by atoms with Gasteiger partial charge in [0.2, 0.25) is 0 Å². The van der Waals surface area contributed by atoms with Crippen LogP contribution in [0.15, 0.2) is 0 Å². The molecule has 0 atom stereocenters. The van der Waals surface area contributed by atoms with E-state index in [1.165, 1.54) is 0 Å². The fourth-order valence-electron chi connectivity index (χ4n) is 0. The van der Waals surface area contributed by atoms with Crippen molar-refractivity contribution in [1.29, 1.82) is 0 Å². The summed E-state index contributed by atoms with van der Waals surface area (Å²) in [7, 11) is 0. The first-order chi connectivity index (χ1) is 0. The molecule has 0 aromatic rings. The standard InChI is InChI=1S/CH4.Ca.Ce.Sr.4H/h1H4;;;;;;;. The Kier molecular flexibility index (Phi) is 95.3.